The number of carbonyl (C=O) groups is 6. The van der Waals surface area contributed by atoms with Crippen molar-refractivity contribution in [2.45, 2.75) is 128 Å². The summed E-state index contributed by atoms with van der Waals surface area (Å²) in [5.41, 5.74) is 0. The Balaban J connectivity index is 0.000000114. The molecule has 12 rings (SSSR count). The van der Waals surface area contributed by atoms with E-state index in [1.54, 1.807) is 0 Å². The van der Waals surface area contributed by atoms with E-state index in [0.29, 0.717) is 111 Å². The van der Waals surface area contributed by atoms with Crippen LogP contribution in [0.5, 0.6) is 0 Å². The van der Waals surface area contributed by atoms with Crippen molar-refractivity contribution in [2.24, 2.45) is 94.7 Å². The molecule has 4 heterocycles. The van der Waals surface area contributed by atoms with E-state index in [1.807, 2.05) is 0 Å². The van der Waals surface area contributed by atoms with Gasteiger partial charge >= 0.3 is 35.8 Å². The maximum absolute atomic E-state index is 11.7. The number of allylic oxidation sites excluding steroid dienone is 8. The Morgan fingerprint density at radius 3 is 1.31 bits per heavy atom. The maximum atomic E-state index is 11.7. The normalized spacial score (nSPS) is 40.6. The Hall–Kier alpha value is -4.30. The highest BCUT2D eigenvalue weighted by Gasteiger charge is 2.49. The zero-order chi connectivity index (χ0) is 47.6. The molecule has 0 aromatic rings. The molecule has 20 unspecified atom stereocenters. The molecule has 2 N–H and O–H groups in total. The van der Waals surface area contributed by atoms with Crippen molar-refractivity contribution in [3.8, 4) is 0 Å². The van der Waals surface area contributed by atoms with Crippen LogP contribution >= 0.6 is 0 Å². The summed E-state index contributed by atoms with van der Waals surface area (Å²) in [4.78, 5) is 68.7. The molecule has 12 aliphatic rings. The topological polar surface area (TPSA) is 198 Å². The monoisotopic (exact) mass is 944 g/mol. The Morgan fingerprint density at radius 1 is 0.500 bits per heavy atom. The van der Waals surface area contributed by atoms with E-state index in [9.17, 15) is 39.0 Å². The van der Waals surface area contributed by atoms with Crippen LogP contribution in [0.4, 0.5) is 0 Å². The van der Waals surface area contributed by atoms with Crippen LogP contribution < -0.4 is 0 Å². The van der Waals surface area contributed by atoms with E-state index < -0.39 is 12.2 Å². The number of hydrogen-bond acceptors (Lipinski definition) is 14. The summed E-state index contributed by atoms with van der Waals surface area (Å²) < 4.78 is 30.7. The van der Waals surface area contributed by atoms with Crippen LogP contribution in [0.3, 0.4) is 0 Å². The van der Waals surface area contributed by atoms with Crippen molar-refractivity contribution in [2.75, 3.05) is 26.4 Å². The molecular weight excluding hydrogens is 873 g/mol. The summed E-state index contributed by atoms with van der Waals surface area (Å²) in [5, 5.41) is 20.3. The third kappa shape index (κ3) is 11.0. The molecule has 20 atom stereocenters. The van der Waals surface area contributed by atoms with Crippen LogP contribution in [0.25, 0.3) is 0 Å². The number of esters is 6. The lowest BCUT2D eigenvalue weighted by Gasteiger charge is -2.30. The maximum Gasteiger partial charge on any atom is 0.312 e. The van der Waals surface area contributed by atoms with E-state index in [0.717, 1.165) is 38.0 Å². The van der Waals surface area contributed by atoms with Crippen LogP contribution in [-0.2, 0) is 57.2 Å². The predicted molar refractivity (Wildman–Crippen MR) is 244 cm³/mol. The number of ether oxygens (including phenoxy) is 6. The van der Waals surface area contributed by atoms with Gasteiger partial charge in [-0.25, -0.2) is 0 Å². The number of aliphatic hydroxyl groups is 2. The fourth-order valence-corrected chi connectivity index (χ4v) is 14.3. The zero-order valence-electron chi connectivity index (χ0n) is 39.7. The van der Waals surface area contributed by atoms with Gasteiger partial charge in [-0.15, -0.1) is 0 Å². The van der Waals surface area contributed by atoms with E-state index in [4.69, 9.17) is 28.4 Å². The average Bonchev–Trinajstić information content (AvgIpc) is 4.16. The van der Waals surface area contributed by atoms with Crippen molar-refractivity contribution < 1.29 is 67.4 Å². The van der Waals surface area contributed by atoms with Crippen LogP contribution in [-0.4, -0.2) is 96.9 Å². The van der Waals surface area contributed by atoms with E-state index >= 15 is 0 Å². The van der Waals surface area contributed by atoms with Gasteiger partial charge in [-0.05, 0) is 155 Å². The van der Waals surface area contributed by atoms with Crippen molar-refractivity contribution >= 4 is 35.8 Å². The molecule has 4 saturated heterocycles. The first kappa shape index (κ1) is 48.7. The Labute approximate surface area is 400 Å². The quantitative estimate of drug-likeness (QED) is 0.124. The lowest BCUT2D eigenvalue weighted by Crippen LogP contribution is -2.37. The molecular formula is C54H72O14. The minimum atomic E-state index is -0.493. The molecule has 4 aliphatic heterocycles. The molecule has 8 fully saturated rings. The van der Waals surface area contributed by atoms with Gasteiger partial charge in [-0.1, -0.05) is 48.6 Å². The molecule has 372 valence electrons. The molecule has 14 heteroatoms. The van der Waals surface area contributed by atoms with Gasteiger partial charge in [0.25, 0.3) is 0 Å². The van der Waals surface area contributed by atoms with E-state index in [-0.39, 0.29) is 77.6 Å². The van der Waals surface area contributed by atoms with E-state index in [2.05, 4.69) is 48.6 Å². The molecule has 0 aromatic carbocycles. The molecule has 0 aromatic heterocycles. The van der Waals surface area contributed by atoms with Gasteiger partial charge < -0.3 is 38.6 Å². The first-order chi connectivity index (χ1) is 32.8. The largest absolute Gasteiger partial charge is 0.465 e. The van der Waals surface area contributed by atoms with Gasteiger partial charge in [-0.3, -0.25) is 28.8 Å². The zero-order valence-corrected chi connectivity index (χ0v) is 39.7. The standard InChI is InChI=1S/C15H20O4.C14H18O4.C13H18O3.C12H16O3/c1-9(16)19-14(13-4-5-18-15(13)17)8-12-7-10-2-3-11(12)6-10;1-8(15)18-13(11-4-5-17-14(11)16)12-7-9-2-3-10(12)6-9;14-12(11-3-4-16-13(11)15)7-10-6-8-1-2-9(10)5-8;13-11(9-3-4-15-12(9)14)10-6-7-1-2-8(10)5-7/h2-3,10-14H,4-8H2,1H3;2-3,9-13H,4-7H2,1H3;1-2,8-12,14H,3-7H2;1-2,7-11,13H,3-6H2. The smallest absolute Gasteiger partial charge is 0.312 e. The second-order valence-electron chi connectivity index (χ2n) is 22.0. The Kier molecular flexibility index (Phi) is 15.3. The second kappa shape index (κ2) is 21.4. The fourth-order valence-electron chi connectivity index (χ4n) is 14.3. The minimum Gasteiger partial charge on any atom is -0.465 e. The van der Waals surface area contributed by atoms with Crippen molar-refractivity contribution in [1.29, 1.82) is 0 Å². The highest BCUT2D eigenvalue weighted by molar-refractivity contribution is 5.77. The first-order valence-electron chi connectivity index (χ1n) is 25.9. The number of hydrogen-bond donors (Lipinski definition) is 2. The third-order valence-corrected chi connectivity index (χ3v) is 17.7. The first-order valence-corrected chi connectivity index (χ1v) is 25.9. The van der Waals surface area contributed by atoms with Gasteiger partial charge in [0.15, 0.2) is 0 Å². The molecule has 0 radical (unpaired) electrons. The molecule has 68 heavy (non-hydrogen) atoms. The summed E-state index contributed by atoms with van der Waals surface area (Å²) in [7, 11) is 0. The van der Waals surface area contributed by atoms with E-state index in [1.165, 1.54) is 46.0 Å². The van der Waals surface area contributed by atoms with Gasteiger partial charge in [-0.2, -0.15) is 0 Å². The lowest BCUT2D eigenvalue weighted by molar-refractivity contribution is -0.159. The summed E-state index contributed by atoms with van der Waals surface area (Å²) in [6.45, 7) is 4.70. The van der Waals surface area contributed by atoms with Gasteiger partial charge in [0.2, 0.25) is 0 Å². The van der Waals surface area contributed by atoms with Crippen LogP contribution in [0.1, 0.15) is 104 Å². The number of aliphatic hydroxyl groups excluding tert-OH is 2. The van der Waals surface area contributed by atoms with Crippen LogP contribution in [0.15, 0.2) is 48.6 Å². The Bertz CT molecular complexity index is 2010. The number of rotatable bonds is 12. The molecule has 8 aliphatic carbocycles. The van der Waals surface area contributed by atoms with Crippen LogP contribution in [0.2, 0.25) is 0 Å². The molecule has 8 bridgehead atoms. The van der Waals surface area contributed by atoms with Gasteiger partial charge in [0.1, 0.15) is 12.2 Å². The fraction of sp³-hybridized carbons (Fsp3) is 0.741. The number of carbonyl (C=O) groups excluding carboxylic acids is 6. The lowest BCUT2D eigenvalue weighted by atomic mass is 9.81. The summed E-state index contributed by atoms with van der Waals surface area (Å²) in [6.07, 6.45) is 30.1. The predicted octanol–water partition coefficient (Wildman–Crippen LogP) is 6.41. The highest BCUT2D eigenvalue weighted by Crippen LogP contribution is 2.50. The third-order valence-electron chi connectivity index (χ3n) is 17.7. The van der Waals surface area contributed by atoms with Crippen LogP contribution in [0, 0.1) is 94.7 Å². The molecule has 0 spiro atoms. The highest BCUT2D eigenvalue weighted by atomic mass is 16.6. The number of cyclic esters (lactones) is 4. The summed E-state index contributed by atoms with van der Waals surface area (Å²) in [6, 6.07) is 0. The summed E-state index contributed by atoms with van der Waals surface area (Å²) >= 11 is 0. The van der Waals surface area contributed by atoms with Crippen molar-refractivity contribution in [3.05, 3.63) is 48.6 Å². The average molecular weight is 945 g/mol. The summed E-state index contributed by atoms with van der Waals surface area (Å²) in [5.74, 6) is 4.17. The Morgan fingerprint density at radius 2 is 0.912 bits per heavy atom. The molecule has 0 amide bonds. The minimum absolute atomic E-state index is 0.200. The SMILES string of the molecule is CC(=O)OC(C1CCOC1=O)C1CC2C=CC1C2.CC(=O)OC(CC1CC2C=CC1C2)C1CCOC1=O.O=C1OCCC1C(O)C1CC2C=CC1C2.O=C1OCCC1C(O)CC1CC2C=CC1C2. The van der Waals surface area contributed by atoms with Crippen molar-refractivity contribution in [3.63, 3.8) is 0 Å². The number of fused-ring (bicyclic) bond motifs is 8. The van der Waals surface area contributed by atoms with Gasteiger partial charge in [0, 0.05) is 19.8 Å². The molecule has 14 nitrogen and oxygen atoms in total. The molecule has 4 saturated carbocycles. The van der Waals surface area contributed by atoms with Gasteiger partial charge in [0.05, 0.1) is 62.3 Å². The van der Waals surface area contributed by atoms with Crippen molar-refractivity contribution in [1.82, 2.24) is 0 Å². The second-order valence-corrected chi connectivity index (χ2v) is 22.0.